The van der Waals surface area contributed by atoms with Crippen LogP contribution < -0.4 is 10.1 Å². The smallest absolute Gasteiger partial charge is 0.251 e. The SMILES string of the molecule is CCCOc1cccc(C(=O)NC2CCc3nccn3C2)c1. The van der Waals surface area contributed by atoms with Crippen LogP contribution in [0.5, 0.6) is 5.75 Å². The molecule has 2 heterocycles. The molecule has 22 heavy (non-hydrogen) atoms. The van der Waals surface area contributed by atoms with Crippen molar-refractivity contribution in [2.45, 2.75) is 38.8 Å². The minimum absolute atomic E-state index is 0.0458. The highest BCUT2D eigenvalue weighted by Gasteiger charge is 2.20. The predicted octanol–water partition coefficient (Wildman–Crippen LogP) is 2.42. The summed E-state index contributed by atoms with van der Waals surface area (Å²) in [6.07, 6.45) is 6.55. The summed E-state index contributed by atoms with van der Waals surface area (Å²) in [5, 5.41) is 3.11. The first-order chi connectivity index (χ1) is 10.8. The standard InChI is InChI=1S/C17H21N3O2/c1-2-10-22-15-5-3-4-13(11-15)17(21)19-14-6-7-16-18-8-9-20(16)12-14/h3-5,8-9,11,14H,2,6-7,10,12H2,1H3,(H,19,21). The van der Waals surface area contributed by atoms with Gasteiger partial charge in [0.25, 0.3) is 5.91 Å². The van der Waals surface area contributed by atoms with Gasteiger partial charge in [0.1, 0.15) is 11.6 Å². The van der Waals surface area contributed by atoms with Crippen molar-refractivity contribution in [2.24, 2.45) is 0 Å². The highest BCUT2D eigenvalue weighted by Crippen LogP contribution is 2.16. The van der Waals surface area contributed by atoms with Gasteiger partial charge in [0.15, 0.2) is 0 Å². The molecule has 0 bridgehead atoms. The summed E-state index contributed by atoms with van der Waals surface area (Å²) in [4.78, 5) is 16.7. The Hall–Kier alpha value is -2.30. The van der Waals surface area contributed by atoms with Gasteiger partial charge >= 0.3 is 0 Å². The largest absolute Gasteiger partial charge is 0.494 e. The van der Waals surface area contributed by atoms with Crippen LogP contribution in [0.1, 0.15) is 35.9 Å². The van der Waals surface area contributed by atoms with Crippen molar-refractivity contribution in [1.82, 2.24) is 14.9 Å². The van der Waals surface area contributed by atoms with Crippen LogP contribution in [0.15, 0.2) is 36.7 Å². The van der Waals surface area contributed by atoms with E-state index in [9.17, 15) is 4.79 Å². The molecule has 0 spiro atoms. The van der Waals surface area contributed by atoms with Gasteiger partial charge in [-0.15, -0.1) is 0 Å². The monoisotopic (exact) mass is 299 g/mol. The number of carbonyl (C=O) groups excluding carboxylic acids is 1. The first-order valence-electron chi connectivity index (χ1n) is 7.80. The Morgan fingerprint density at radius 1 is 1.50 bits per heavy atom. The van der Waals surface area contributed by atoms with Crippen molar-refractivity contribution < 1.29 is 9.53 Å². The van der Waals surface area contributed by atoms with E-state index in [0.29, 0.717) is 12.2 Å². The van der Waals surface area contributed by atoms with Gasteiger partial charge in [0.05, 0.1) is 6.61 Å². The zero-order chi connectivity index (χ0) is 15.4. The molecule has 1 amide bonds. The second kappa shape index (κ2) is 6.64. The van der Waals surface area contributed by atoms with Gasteiger partial charge in [-0.25, -0.2) is 4.98 Å². The molecule has 2 aromatic rings. The van der Waals surface area contributed by atoms with E-state index in [1.54, 1.807) is 6.07 Å². The average Bonchev–Trinajstić information content (AvgIpc) is 3.01. The minimum atomic E-state index is -0.0458. The number of hydrogen-bond donors (Lipinski definition) is 1. The summed E-state index contributed by atoms with van der Waals surface area (Å²) in [6, 6.07) is 7.50. The summed E-state index contributed by atoms with van der Waals surface area (Å²) in [5.41, 5.74) is 0.644. The number of aryl methyl sites for hydroxylation is 1. The fraction of sp³-hybridized carbons (Fsp3) is 0.412. The third-order valence-electron chi connectivity index (χ3n) is 3.84. The maximum Gasteiger partial charge on any atom is 0.251 e. The lowest BCUT2D eigenvalue weighted by Crippen LogP contribution is -2.40. The maximum absolute atomic E-state index is 12.4. The van der Waals surface area contributed by atoms with E-state index < -0.39 is 0 Å². The Morgan fingerprint density at radius 2 is 2.41 bits per heavy atom. The lowest BCUT2D eigenvalue weighted by Gasteiger charge is -2.24. The molecule has 0 fully saturated rings. The molecule has 1 aliphatic heterocycles. The van der Waals surface area contributed by atoms with E-state index in [-0.39, 0.29) is 11.9 Å². The predicted molar refractivity (Wildman–Crippen MR) is 84.0 cm³/mol. The molecule has 1 aromatic carbocycles. The first-order valence-corrected chi connectivity index (χ1v) is 7.80. The molecule has 1 aromatic heterocycles. The second-order valence-corrected chi connectivity index (χ2v) is 5.58. The van der Waals surface area contributed by atoms with E-state index in [2.05, 4.69) is 21.8 Å². The van der Waals surface area contributed by atoms with Gasteiger partial charge < -0.3 is 14.6 Å². The van der Waals surface area contributed by atoms with Crippen molar-refractivity contribution in [3.05, 3.63) is 48.0 Å². The number of benzene rings is 1. The second-order valence-electron chi connectivity index (χ2n) is 5.58. The number of hydrogen-bond acceptors (Lipinski definition) is 3. The number of ether oxygens (including phenoxy) is 1. The van der Waals surface area contributed by atoms with Crippen LogP contribution in [-0.4, -0.2) is 28.1 Å². The molecule has 1 N–H and O–H groups in total. The first kappa shape index (κ1) is 14.6. The zero-order valence-electron chi connectivity index (χ0n) is 12.8. The number of fused-ring (bicyclic) bond motifs is 1. The summed E-state index contributed by atoms with van der Waals surface area (Å²) in [7, 11) is 0. The van der Waals surface area contributed by atoms with E-state index >= 15 is 0 Å². The number of rotatable bonds is 5. The Morgan fingerprint density at radius 3 is 3.27 bits per heavy atom. The molecular weight excluding hydrogens is 278 g/mol. The Bertz CT molecular complexity index is 651. The molecule has 1 atom stereocenters. The van der Waals surface area contributed by atoms with Gasteiger partial charge in [-0.3, -0.25) is 4.79 Å². The molecule has 5 nitrogen and oxygen atoms in total. The van der Waals surface area contributed by atoms with Crippen molar-refractivity contribution in [1.29, 1.82) is 0 Å². The average molecular weight is 299 g/mol. The van der Waals surface area contributed by atoms with Crippen molar-refractivity contribution in [2.75, 3.05) is 6.61 Å². The Labute approximate surface area is 130 Å². The van der Waals surface area contributed by atoms with Crippen LogP contribution in [0.3, 0.4) is 0 Å². The van der Waals surface area contributed by atoms with Crippen LogP contribution in [0.25, 0.3) is 0 Å². The number of nitrogens with one attached hydrogen (secondary N) is 1. The molecule has 116 valence electrons. The molecule has 5 heteroatoms. The quantitative estimate of drug-likeness (QED) is 0.922. The molecule has 0 saturated heterocycles. The van der Waals surface area contributed by atoms with Gasteiger partial charge in [0, 0.05) is 37.0 Å². The number of aromatic nitrogens is 2. The summed E-state index contributed by atoms with van der Waals surface area (Å²) >= 11 is 0. The molecule has 1 unspecified atom stereocenters. The van der Waals surface area contributed by atoms with Crippen LogP contribution in [0.2, 0.25) is 0 Å². The van der Waals surface area contributed by atoms with Gasteiger partial charge in [-0.05, 0) is 31.0 Å². The van der Waals surface area contributed by atoms with Crippen molar-refractivity contribution in [3.63, 3.8) is 0 Å². The Kier molecular flexibility index (Phi) is 4.42. The topological polar surface area (TPSA) is 56.1 Å². The van der Waals surface area contributed by atoms with Crippen LogP contribution in [0.4, 0.5) is 0 Å². The lowest BCUT2D eigenvalue weighted by molar-refractivity contribution is 0.0927. The van der Waals surface area contributed by atoms with E-state index in [0.717, 1.165) is 37.4 Å². The highest BCUT2D eigenvalue weighted by atomic mass is 16.5. The molecule has 1 aliphatic rings. The third-order valence-corrected chi connectivity index (χ3v) is 3.84. The molecule has 3 rings (SSSR count). The molecule has 0 radical (unpaired) electrons. The fourth-order valence-corrected chi connectivity index (χ4v) is 2.70. The molecule has 0 aliphatic carbocycles. The van der Waals surface area contributed by atoms with Crippen LogP contribution in [0, 0.1) is 0 Å². The number of carbonyl (C=O) groups is 1. The number of nitrogens with zero attached hydrogens (tertiary/aromatic N) is 2. The summed E-state index contributed by atoms with van der Waals surface area (Å²) in [6.45, 7) is 3.51. The normalized spacial score (nSPS) is 16.9. The Balaban J connectivity index is 1.62. The van der Waals surface area contributed by atoms with Gasteiger partial charge in [-0.2, -0.15) is 0 Å². The van der Waals surface area contributed by atoms with Crippen molar-refractivity contribution in [3.8, 4) is 5.75 Å². The number of imidazole rings is 1. The van der Waals surface area contributed by atoms with E-state index in [4.69, 9.17) is 4.74 Å². The van der Waals surface area contributed by atoms with E-state index in [1.807, 2.05) is 30.6 Å². The van der Waals surface area contributed by atoms with Crippen LogP contribution >= 0.6 is 0 Å². The number of amides is 1. The third kappa shape index (κ3) is 3.30. The van der Waals surface area contributed by atoms with Gasteiger partial charge in [-0.1, -0.05) is 13.0 Å². The lowest BCUT2D eigenvalue weighted by atomic mass is 10.1. The summed E-state index contributed by atoms with van der Waals surface area (Å²) < 4.78 is 7.69. The highest BCUT2D eigenvalue weighted by molar-refractivity contribution is 5.94. The van der Waals surface area contributed by atoms with E-state index in [1.165, 1.54) is 0 Å². The van der Waals surface area contributed by atoms with Crippen LogP contribution in [-0.2, 0) is 13.0 Å². The van der Waals surface area contributed by atoms with Gasteiger partial charge in [0.2, 0.25) is 0 Å². The zero-order valence-corrected chi connectivity index (χ0v) is 12.8. The maximum atomic E-state index is 12.4. The minimum Gasteiger partial charge on any atom is -0.494 e. The molecule has 0 saturated carbocycles. The summed E-state index contributed by atoms with van der Waals surface area (Å²) in [5.74, 6) is 1.80. The molecular formula is C17H21N3O2. The van der Waals surface area contributed by atoms with Crippen molar-refractivity contribution >= 4 is 5.91 Å². The fourth-order valence-electron chi connectivity index (χ4n) is 2.70.